The summed E-state index contributed by atoms with van der Waals surface area (Å²) in [5.41, 5.74) is -5.65. The Hall–Kier alpha value is -1.03. The standard InChI is InChI=1S/C13H19F6NO3/c1-4-10(5-22-6-10)7-23-11(12(14,15)16,13(17,18)19)20-9(21)8(2)3/h8H,4-7H2,1-3H3,(H,20,21). The van der Waals surface area contributed by atoms with Crippen molar-refractivity contribution in [3.63, 3.8) is 0 Å². The zero-order chi connectivity index (χ0) is 18.1. The average molecular weight is 351 g/mol. The largest absolute Gasteiger partial charge is 0.446 e. The van der Waals surface area contributed by atoms with Crippen LogP contribution in [0.4, 0.5) is 26.3 Å². The van der Waals surface area contributed by atoms with Gasteiger partial charge in [0.1, 0.15) is 0 Å². The quantitative estimate of drug-likeness (QED) is 0.591. The van der Waals surface area contributed by atoms with Gasteiger partial charge in [-0.2, -0.15) is 26.3 Å². The lowest BCUT2D eigenvalue weighted by atomic mass is 9.84. The minimum absolute atomic E-state index is 0.00736. The van der Waals surface area contributed by atoms with E-state index < -0.39 is 41.9 Å². The lowest BCUT2D eigenvalue weighted by Gasteiger charge is -2.44. The van der Waals surface area contributed by atoms with Crippen LogP contribution in [0.25, 0.3) is 0 Å². The monoisotopic (exact) mass is 351 g/mol. The Labute approximate surface area is 129 Å². The number of alkyl halides is 6. The third kappa shape index (κ3) is 3.90. The van der Waals surface area contributed by atoms with Gasteiger partial charge in [0.2, 0.25) is 5.91 Å². The highest BCUT2D eigenvalue weighted by molar-refractivity contribution is 5.78. The molecule has 1 amide bonds. The number of rotatable bonds is 6. The molecule has 1 aliphatic heterocycles. The molecule has 0 saturated carbocycles. The number of hydrogen-bond acceptors (Lipinski definition) is 3. The first-order chi connectivity index (χ1) is 10.3. The van der Waals surface area contributed by atoms with Gasteiger partial charge in [0.15, 0.2) is 0 Å². The lowest BCUT2D eigenvalue weighted by Crippen LogP contribution is -2.70. The molecule has 1 aliphatic rings. The van der Waals surface area contributed by atoms with Gasteiger partial charge in [-0.1, -0.05) is 20.8 Å². The molecule has 1 heterocycles. The molecule has 0 atom stereocenters. The number of hydrogen-bond donors (Lipinski definition) is 1. The summed E-state index contributed by atoms with van der Waals surface area (Å²) in [5.74, 6) is -2.48. The van der Waals surface area contributed by atoms with E-state index in [9.17, 15) is 31.1 Å². The molecule has 0 aromatic heterocycles. The highest BCUT2D eigenvalue weighted by Gasteiger charge is 2.74. The van der Waals surface area contributed by atoms with Crippen LogP contribution in [-0.4, -0.2) is 43.8 Å². The maximum absolute atomic E-state index is 13.2. The molecule has 10 heteroatoms. The van der Waals surface area contributed by atoms with Crippen molar-refractivity contribution in [1.82, 2.24) is 5.32 Å². The van der Waals surface area contributed by atoms with Gasteiger partial charge >= 0.3 is 18.1 Å². The summed E-state index contributed by atoms with van der Waals surface area (Å²) >= 11 is 0. The average Bonchev–Trinajstić information content (AvgIpc) is 2.33. The van der Waals surface area contributed by atoms with Crippen LogP contribution in [-0.2, 0) is 14.3 Å². The van der Waals surface area contributed by atoms with Gasteiger partial charge < -0.3 is 14.8 Å². The summed E-state index contributed by atoms with van der Waals surface area (Å²) in [5, 5.41) is 1.00. The molecule has 0 bridgehead atoms. The summed E-state index contributed by atoms with van der Waals surface area (Å²) in [6, 6.07) is 0. The first-order valence-electron chi connectivity index (χ1n) is 6.97. The summed E-state index contributed by atoms with van der Waals surface area (Å²) in [6.07, 6.45) is -11.4. The normalized spacial score (nSPS) is 18.7. The summed E-state index contributed by atoms with van der Waals surface area (Å²) < 4.78 is 88.4. The predicted molar refractivity (Wildman–Crippen MR) is 67.3 cm³/mol. The van der Waals surface area contributed by atoms with Gasteiger partial charge in [-0.15, -0.1) is 0 Å². The molecular formula is C13H19F6NO3. The summed E-state index contributed by atoms with van der Waals surface area (Å²) in [4.78, 5) is 11.5. The minimum Gasteiger partial charge on any atom is -0.380 e. The Morgan fingerprint density at radius 2 is 1.65 bits per heavy atom. The molecule has 1 rings (SSSR count). The molecular weight excluding hydrogens is 332 g/mol. The number of halogens is 6. The van der Waals surface area contributed by atoms with Gasteiger partial charge in [-0.05, 0) is 6.42 Å². The Kier molecular flexibility index (Phi) is 5.62. The van der Waals surface area contributed by atoms with Crippen LogP contribution in [0.5, 0.6) is 0 Å². The summed E-state index contributed by atoms with van der Waals surface area (Å²) in [6.45, 7) is 3.16. The van der Waals surface area contributed by atoms with Gasteiger partial charge in [-0.25, -0.2) is 0 Å². The molecule has 23 heavy (non-hydrogen) atoms. The first kappa shape index (κ1) is 20.0. The van der Waals surface area contributed by atoms with E-state index in [2.05, 4.69) is 4.74 Å². The Morgan fingerprint density at radius 1 is 1.17 bits per heavy atom. The molecule has 0 radical (unpaired) electrons. The molecule has 0 unspecified atom stereocenters. The molecule has 136 valence electrons. The van der Waals surface area contributed by atoms with E-state index in [1.165, 1.54) is 13.8 Å². The molecule has 1 fully saturated rings. The van der Waals surface area contributed by atoms with Gasteiger partial charge in [0, 0.05) is 11.3 Å². The van der Waals surface area contributed by atoms with E-state index in [1.807, 2.05) is 0 Å². The molecule has 4 nitrogen and oxygen atoms in total. The van der Waals surface area contributed by atoms with Crippen molar-refractivity contribution in [3.05, 3.63) is 0 Å². The predicted octanol–water partition coefficient (Wildman–Crippen LogP) is 3.02. The second kappa shape index (κ2) is 6.46. The fourth-order valence-electron chi connectivity index (χ4n) is 1.86. The van der Waals surface area contributed by atoms with Crippen LogP contribution in [0.15, 0.2) is 0 Å². The van der Waals surface area contributed by atoms with Gasteiger partial charge in [0.25, 0.3) is 0 Å². The van der Waals surface area contributed by atoms with Crippen LogP contribution >= 0.6 is 0 Å². The second-order valence-corrected chi connectivity index (χ2v) is 5.96. The number of carbonyl (C=O) groups excluding carboxylic acids is 1. The first-order valence-corrected chi connectivity index (χ1v) is 6.97. The smallest absolute Gasteiger partial charge is 0.380 e. The highest BCUT2D eigenvalue weighted by atomic mass is 19.4. The summed E-state index contributed by atoms with van der Waals surface area (Å²) in [7, 11) is 0. The minimum atomic E-state index is -5.87. The molecule has 0 aromatic rings. The zero-order valence-corrected chi connectivity index (χ0v) is 12.9. The number of carbonyl (C=O) groups is 1. The third-order valence-electron chi connectivity index (χ3n) is 3.78. The van der Waals surface area contributed by atoms with Crippen molar-refractivity contribution in [2.24, 2.45) is 11.3 Å². The Morgan fingerprint density at radius 3 is 1.91 bits per heavy atom. The van der Waals surface area contributed by atoms with Crippen molar-refractivity contribution in [2.45, 2.75) is 45.3 Å². The highest BCUT2D eigenvalue weighted by Crippen LogP contribution is 2.46. The van der Waals surface area contributed by atoms with Crippen molar-refractivity contribution >= 4 is 5.91 Å². The van der Waals surface area contributed by atoms with Crippen molar-refractivity contribution in [2.75, 3.05) is 19.8 Å². The van der Waals surface area contributed by atoms with Crippen molar-refractivity contribution < 1.29 is 40.6 Å². The maximum Gasteiger partial charge on any atom is 0.446 e. The van der Waals surface area contributed by atoms with Crippen LogP contribution in [0.1, 0.15) is 27.2 Å². The number of nitrogens with one attached hydrogen (secondary N) is 1. The van der Waals surface area contributed by atoms with E-state index in [1.54, 1.807) is 6.92 Å². The lowest BCUT2D eigenvalue weighted by molar-refractivity contribution is -0.397. The Bertz CT molecular complexity index is 409. The molecule has 0 aliphatic carbocycles. The van der Waals surface area contributed by atoms with Crippen molar-refractivity contribution in [1.29, 1.82) is 0 Å². The molecule has 0 spiro atoms. The van der Waals surface area contributed by atoms with Crippen LogP contribution in [0.2, 0.25) is 0 Å². The topological polar surface area (TPSA) is 47.6 Å². The second-order valence-electron chi connectivity index (χ2n) is 5.96. The van der Waals surface area contributed by atoms with Gasteiger partial charge in [-0.3, -0.25) is 4.79 Å². The number of ether oxygens (including phenoxy) is 2. The van der Waals surface area contributed by atoms with E-state index in [-0.39, 0.29) is 19.6 Å². The molecule has 1 N–H and O–H groups in total. The van der Waals surface area contributed by atoms with E-state index in [0.29, 0.717) is 0 Å². The third-order valence-corrected chi connectivity index (χ3v) is 3.78. The number of amides is 1. The van der Waals surface area contributed by atoms with Gasteiger partial charge in [0.05, 0.1) is 19.8 Å². The SMILES string of the molecule is CCC1(COC(NC(=O)C(C)C)(C(F)(F)F)C(F)(F)F)COC1. The van der Waals surface area contributed by atoms with E-state index in [4.69, 9.17) is 4.74 Å². The maximum atomic E-state index is 13.2. The van der Waals surface area contributed by atoms with Crippen LogP contribution < -0.4 is 5.32 Å². The fraction of sp³-hybridized carbons (Fsp3) is 0.923. The van der Waals surface area contributed by atoms with Crippen molar-refractivity contribution in [3.8, 4) is 0 Å². The van der Waals surface area contributed by atoms with E-state index >= 15 is 0 Å². The van der Waals surface area contributed by atoms with Crippen LogP contribution in [0, 0.1) is 11.3 Å². The zero-order valence-electron chi connectivity index (χ0n) is 12.9. The molecule has 1 saturated heterocycles. The van der Waals surface area contributed by atoms with E-state index in [0.717, 1.165) is 5.32 Å². The molecule has 0 aromatic carbocycles. The fourth-order valence-corrected chi connectivity index (χ4v) is 1.86. The Balaban J connectivity index is 3.14. The van der Waals surface area contributed by atoms with Crippen LogP contribution in [0.3, 0.4) is 0 Å².